The van der Waals surface area contributed by atoms with Crippen LogP contribution in [0, 0.1) is 0 Å². The van der Waals surface area contributed by atoms with Crippen molar-refractivity contribution >= 4 is 5.91 Å². The van der Waals surface area contributed by atoms with Gasteiger partial charge in [-0.2, -0.15) is 0 Å². The minimum Gasteiger partial charge on any atom is -0.354 e. The van der Waals surface area contributed by atoms with E-state index in [0.717, 1.165) is 32.1 Å². The minimum absolute atomic E-state index is 0.0795. The lowest BCUT2D eigenvalue weighted by atomic mass is 9.81. The standard InChI is InChI=1S/C16H25N5O/c22-15(17-12-9-14-7-3-1-4-8-14)16(10-5-2-6-11-16)21-13-18-19-20-21/h7,13H,1-6,8-12H2,(H,17,22). The number of amides is 1. The normalized spacial score (nSPS) is 21.2. The highest BCUT2D eigenvalue weighted by atomic mass is 16.2. The molecule has 1 heterocycles. The summed E-state index contributed by atoms with van der Waals surface area (Å²) in [6.45, 7) is 0.717. The van der Waals surface area contributed by atoms with Crippen molar-refractivity contribution in [1.29, 1.82) is 0 Å². The molecule has 120 valence electrons. The van der Waals surface area contributed by atoms with E-state index in [4.69, 9.17) is 0 Å². The Balaban J connectivity index is 1.61. The molecule has 0 aliphatic heterocycles. The molecule has 0 saturated heterocycles. The first-order valence-electron chi connectivity index (χ1n) is 8.51. The maximum atomic E-state index is 12.8. The van der Waals surface area contributed by atoms with Crippen molar-refractivity contribution in [3.63, 3.8) is 0 Å². The number of nitrogens with zero attached hydrogens (tertiary/aromatic N) is 4. The van der Waals surface area contributed by atoms with Crippen LogP contribution in [-0.4, -0.2) is 32.7 Å². The highest BCUT2D eigenvalue weighted by molar-refractivity contribution is 5.84. The van der Waals surface area contributed by atoms with Crippen LogP contribution in [0.15, 0.2) is 18.0 Å². The van der Waals surface area contributed by atoms with Gasteiger partial charge < -0.3 is 5.32 Å². The summed E-state index contributed by atoms with van der Waals surface area (Å²) >= 11 is 0. The van der Waals surface area contributed by atoms with Crippen LogP contribution in [0.1, 0.15) is 64.2 Å². The van der Waals surface area contributed by atoms with Gasteiger partial charge in [0.15, 0.2) is 0 Å². The van der Waals surface area contributed by atoms with E-state index in [0.29, 0.717) is 6.54 Å². The summed E-state index contributed by atoms with van der Waals surface area (Å²) in [5.74, 6) is 0.0795. The van der Waals surface area contributed by atoms with Gasteiger partial charge in [0.25, 0.3) is 0 Å². The first kappa shape index (κ1) is 15.2. The van der Waals surface area contributed by atoms with Gasteiger partial charge in [-0.15, -0.1) is 5.10 Å². The molecule has 1 amide bonds. The van der Waals surface area contributed by atoms with E-state index in [1.165, 1.54) is 37.7 Å². The maximum Gasteiger partial charge on any atom is 0.248 e. The Morgan fingerprint density at radius 2 is 2.09 bits per heavy atom. The van der Waals surface area contributed by atoms with E-state index < -0.39 is 5.54 Å². The van der Waals surface area contributed by atoms with Crippen molar-refractivity contribution in [3.8, 4) is 0 Å². The van der Waals surface area contributed by atoms with Crippen LogP contribution >= 0.6 is 0 Å². The van der Waals surface area contributed by atoms with Gasteiger partial charge in [-0.25, -0.2) is 4.68 Å². The molecule has 0 atom stereocenters. The molecule has 1 N–H and O–H groups in total. The summed E-state index contributed by atoms with van der Waals surface area (Å²) in [5, 5.41) is 14.6. The zero-order chi connectivity index (χ0) is 15.3. The van der Waals surface area contributed by atoms with Gasteiger partial charge >= 0.3 is 0 Å². The van der Waals surface area contributed by atoms with E-state index in [-0.39, 0.29) is 5.91 Å². The zero-order valence-electron chi connectivity index (χ0n) is 13.1. The van der Waals surface area contributed by atoms with Crippen LogP contribution in [0.2, 0.25) is 0 Å². The number of tetrazole rings is 1. The monoisotopic (exact) mass is 303 g/mol. The second-order valence-corrected chi connectivity index (χ2v) is 6.46. The van der Waals surface area contributed by atoms with Crippen molar-refractivity contribution in [2.75, 3.05) is 6.54 Å². The highest BCUT2D eigenvalue weighted by Gasteiger charge is 2.42. The lowest BCUT2D eigenvalue weighted by molar-refractivity contribution is -0.132. The number of rotatable bonds is 5. The molecule has 0 aromatic carbocycles. The molecule has 0 radical (unpaired) electrons. The molecule has 1 aromatic rings. The SMILES string of the molecule is O=C(NCCC1=CCCCC1)C1(n2cnnn2)CCCCC1. The highest BCUT2D eigenvalue weighted by Crippen LogP contribution is 2.34. The third kappa shape index (κ3) is 3.20. The molecule has 22 heavy (non-hydrogen) atoms. The van der Waals surface area contributed by atoms with Crippen LogP contribution in [0.25, 0.3) is 0 Å². The fourth-order valence-electron chi connectivity index (χ4n) is 3.69. The molecule has 1 fully saturated rings. The largest absolute Gasteiger partial charge is 0.354 e. The fourth-order valence-corrected chi connectivity index (χ4v) is 3.69. The van der Waals surface area contributed by atoms with Crippen LogP contribution in [0.5, 0.6) is 0 Å². The molecule has 2 aliphatic rings. The first-order valence-corrected chi connectivity index (χ1v) is 8.51. The summed E-state index contributed by atoms with van der Waals surface area (Å²) in [4.78, 5) is 12.8. The van der Waals surface area contributed by atoms with E-state index in [9.17, 15) is 4.79 Å². The first-order chi connectivity index (χ1) is 10.8. The topological polar surface area (TPSA) is 72.7 Å². The van der Waals surface area contributed by atoms with E-state index in [2.05, 4.69) is 26.9 Å². The average Bonchev–Trinajstić information content (AvgIpc) is 3.11. The number of hydrogen-bond acceptors (Lipinski definition) is 4. The molecule has 6 nitrogen and oxygen atoms in total. The lowest BCUT2D eigenvalue weighted by Crippen LogP contribution is -2.50. The van der Waals surface area contributed by atoms with Crippen molar-refractivity contribution in [1.82, 2.24) is 25.5 Å². The lowest BCUT2D eigenvalue weighted by Gasteiger charge is -2.35. The summed E-state index contributed by atoms with van der Waals surface area (Å²) < 4.78 is 1.67. The van der Waals surface area contributed by atoms with E-state index in [1.807, 2.05) is 0 Å². The summed E-state index contributed by atoms with van der Waals surface area (Å²) in [6, 6.07) is 0. The summed E-state index contributed by atoms with van der Waals surface area (Å²) in [5.41, 5.74) is 0.912. The van der Waals surface area contributed by atoms with Crippen molar-refractivity contribution in [2.24, 2.45) is 0 Å². The predicted octanol–water partition coefficient (Wildman–Crippen LogP) is 2.34. The fraction of sp³-hybridized carbons (Fsp3) is 0.750. The van der Waals surface area contributed by atoms with Crippen molar-refractivity contribution in [2.45, 2.75) is 69.7 Å². The Labute approximate surface area is 131 Å². The Hall–Kier alpha value is -1.72. The molecule has 0 bridgehead atoms. The zero-order valence-corrected chi connectivity index (χ0v) is 13.1. The van der Waals surface area contributed by atoms with Crippen LogP contribution in [0.3, 0.4) is 0 Å². The molecule has 1 aromatic heterocycles. The van der Waals surface area contributed by atoms with Gasteiger partial charge in [0, 0.05) is 6.54 Å². The Morgan fingerprint density at radius 3 is 2.77 bits per heavy atom. The smallest absolute Gasteiger partial charge is 0.248 e. The molecule has 1 saturated carbocycles. The molecule has 2 aliphatic carbocycles. The maximum absolute atomic E-state index is 12.8. The quantitative estimate of drug-likeness (QED) is 0.847. The Bertz CT molecular complexity index is 517. The molecular weight excluding hydrogens is 278 g/mol. The summed E-state index contributed by atoms with van der Waals surface area (Å²) in [7, 11) is 0. The van der Waals surface area contributed by atoms with Gasteiger partial charge in [0.05, 0.1) is 0 Å². The predicted molar refractivity (Wildman–Crippen MR) is 83.1 cm³/mol. The number of aromatic nitrogens is 4. The summed E-state index contributed by atoms with van der Waals surface area (Å²) in [6.07, 6.45) is 14.8. The van der Waals surface area contributed by atoms with E-state index in [1.54, 1.807) is 11.0 Å². The minimum atomic E-state index is -0.581. The van der Waals surface area contributed by atoms with Crippen molar-refractivity contribution < 1.29 is 4.79 Å². The Kier molecular flexibility index (Phi) is 4.85. The number of allylic oxidation sites excluding steroid dienone is 1. The molecule has 6 heteroatoms. The molecule has 0 unspecified atom stereocenters. The Morgan fingerprint density at radius 1 is 1.23 bits per heavy atom. The van der Waals surface area contributed by atoms with Gasteiger partial charge in [-0.05, 0) is 55.4 Å². The van der Waals surface area contributed by atoms with Crippen LogP contribution < -0.4 is 5.32 Å². The van der Waals surface area contributed by atoms with Crippen molar-refractivity contribution in [3.05, 3.63) is 18.0 Å². The van der Waals surface area contributed by atoms with Gasteiger partial charge in [-0.3, -0.25) is 4.79 Å². The van der Waals surface area contributed by atoms with Gasteiger partial charge in [-0.1, -0.05) is 30.9 Å². The third-order valence-corrected chi connectivity index (χ3v) is 5.01. The van der Waals surface area contributed by atoms with Gasteiger partial charge in [0.1, 0.15) is 11.9 Å². The number of hydrogen-bond donors (Lipinski definition) is 1. The second kappa shape index (κ2) is 7.03. The third-order valence-electron chi connectivity index (χ3n) is 5.01. The number of nitrogens with one attached hydrogen (secondary N) is 1. The molecule has 3 rings (SSSR count). The molecular formula is C16H25N5O. The van der Waals surface area contributed by atoms with Gasteiger partial charge in [0.2, 0.25) is 5.91 Å². The van der Waals surface area contributed by atoms with Crippen LogP contribution in [-0.2, 0) is 10.3 Å². The second-order valence-electron chi connectivity index (χ2n) is 6.46. The van der Waals surface area contributed by atoms with Crippen LogP contribution in [0.4, 0.5) is 0 Å². The van der Waals surface area contributed by atoms with E-state index >= 15 is 0 Å². The number of carbonyl (C=O) groups is 1. The number of carbonyl (C=O) groups excluding carboxylic acids is 1. The average molecular weight is 303 g/mol. The molecule has 0 spiro atoms.